The lowest BCUT2D eigenvalue weighted by Gasteiger charge is -2.34. The molecule has 21 heavy (non-hydrogen) atoms. The Bertz CT molecular complexity index is 576. The number of aromatic nitrogens is 1. The van der Waals surface area contributed by atoms with Gasteiger partial charge in [0, 0.05) is 55.4 Å². The lowest BCUT2D eigenvalue weighted by Crippen LogP contribution is -2.45. The van der Waals surface area contributed by atoms with Crippen molar-refractivity contribution in [1.82, 2.24) is 14.8 Å². The fourth-order valence-corrected chi connectivity index (χ4v) is 3.42. The molecule has 1 fully saturated rings. The Hall–Kier alpha value is -1.14. The Morgan fingerprint density at radius 3 is 2.24 bits per heavy atom. The molecule has 0 atom stereocenters. The molecule has 0 saturated carbocycles. The predicted octanol–water partition coefficient (Wildman–Crippen LogP) is 2.70. The van der Waals surface area contributed by atoms with E-state index in [1.807, 2.05) is 18.3 Å². The summed E-state index contributed by atoms with van der Waals surface area (Å²) in [5.74, 6) is 0. The normalized spacial score (nSPS) is 17.2. The number of nitrogen functional groups attached to an aromatic ring is 1. The zero-order valence-corrected chi connectivity index (χ0v) is 13.4. The summed E-state index contributed by atoms with van der Waals surface area (Å²) >= 11 is 7.50. The summed E-state index contributed by atoms with van der Waals surface area (Å²) < 4.78 is 0. The molecule has 1 aromatic heterocycles. The van der Waals surface area contributed by atoms with Gasteiger partial charge in [-0.1, -0.05) is 23.7 Å². The van der Waals surface area contributed by atoms with Crippen LogP contribution in [0.15, 0.2) is 30.5 Å². The van der Waals surface area contributed by atoms with Crippen LogP contribution in [0.25, 0.3) is 0 Å². The van der Waals surface area contributed by atoms with Gasteiger partial charge >= 0.3 is 0 Å². The minimum atomic E-state index is 0.659. The molecule has 3 rings (SSSR count). The highest BCUT2D eigenvalue weighted by atomic mass is 35.5. The molecule has 1 saturated heterocycles. The summed E-state index contributed by atoms with van der Waals surface area (Å²) in [5.41, 5.74) is 7.00. The Labute approximate surface area is 134 Å². The van der Waals surface area contributed by atoms with E-state index in [9.17, 15) is 0 Å². The fourth-order valence-electron chi connectivity index (χ4n) is 2.57. The average molecular weight is 323 g/mol. The first kappa shape index (κ1) is 14.8. The molecule has 2 heterocycles. The molecule has 112 valence electrons. The maximum Gasteiger partial charge on any atom is 0.180 e. The third-order valence-corrected chi connectivity index (χ3v) is 4.80. The van der Waals surface area contributed by atoms with Crippen molar-refractivity contribution in [2.45, 2.75) is 13.1 Å². The summed E-state index contributed by atoms with van der Waals surface area (Å²) in [4.78, 5) is 10.3. The molecule has 0 radical (unpaired) electrons. The van der Waals surface area contributed by atoms with E-state index in [1.165, 1.54) is 10.4 Å². The molecule has 0 aliphatic carbocycles. The van der Waals surface area contributed by atoms with E-state index in [4.69, 9.17) is 17.3 Å². The monoisotopic (exact) mass is 322 g/mol. The summed E-state index contributed by atoms with van der Waals surface area (Å²) in [6, 6.07) is 8.13. The minimum Gasteiger partial charge on any atom is -0.375 e. The van der Waals surface area contributed by atoms with Crippen LogP contribution in [0.4, 0.5) is 5.13 Å². The quantitative estimate of drug-likeness (QED) is 0.940. The highest BCUT2D eigenvalue weighted by Gasteiger charge is 2.17. The first-order valence-electron chi connectivity index (χ1n) is 7.08. The van der Waals surface area contributed by atoms with Crippen LogP contribution in [0, 0.1) is 0 Å². The van der Waals surface area contributed by atoms with Crippen molar-refractivity contribution in [3.05, 3.63) is 45.9 Å². The highest BCUT2D eigenvalue weighted by molar-refractivity contribution is 7.15. The van der Waals surface area contributed by atoms with E-state index in [-0.39, 0.29) is 0 Å². The van der Waals surface area contributed by atoms with Gasteiger partial charge in [0.1, 0.15) is 0 Å². The van der Waals surface area contributed by atoms with Gasteiger partial charge in [-0.15, -0.1) is 11.3 Å². The maximum atomic E-state index is 5.92. The number of nitrogens with two attached hydrogens (primary N) is 1. The second kappa shape index (κ2) is 6.75. The first-order valence-corrected chi connectivity index (χ1v) is 8.28. The van der Waals surface area contributed by atoms with Crippen LogP contribution in [-0.4, -0.2) is 41.0 Å². The minimum absolute atomic E-state index is 0.659. The van der Waals surface area contributed by atoms with Crippen LogP contribution in [0.5, 0.6) is 0 Å². The summed E-state index contributed by atoms with van der Waals surface area (Å²) in [6.07, 6.45) is 1.89. The van der Waals surface area contributed by atoms with Crippen molar-refractivity contribution in [1.29, 1.82) is 0 Å². The second-order valence-corrected chi connectivity index (χ2v) is 6.93. The Kier molecular flexibility index (Phi) is 4.75. The van der Waals surface area contributed by atoms with E-state index in [0.717, 1.165) is 44.3 Å². The summed E-state index contributed by atoms with van der Waals surface area (Å²) in [5, 5.41) is 1.46. The van der Waals surface area contributed by atoms with E-state index < -0.39 is 0 Å². The molecule has 6 heteroatoms. The van der Waals surface area contributed by atoms with Crippen molar-refractivity contribution in [3.8, 4) is 0 Å². The first-order chi connectivity index (χ1) is 10.2. The largest absolute Gasteiger partial charge is 0.375 e. The summed E-state index contributed by atoms with van der Waals surface area (Å²) in [6.45, 7) is 6.33. The lowest BCUT2D eigenvalue weighted by atomic mass is 10.2. The number of thiazole rings is 1. The van der Waals surface area contributed by atoms with E-state index in [1.54, 1.807) is 11.3 Å². The van der Waals surface area contributed by atoms with E-state index in [0.29, 0.717) is 5.13 Å². The van der Waals surface area contributed by atoms with Gasteiger partial charge in [0.25, 0.3) is 0 Å². The van der Waals surface area contributed by atoms with Crippen molar-refractivity contribution < 1.29 is 0 Å². The zero-order chi connectivity index (χ0) is 14.7. The molecule has 0 bridgehead atoms. The van der Waals surface area contributed by atoms with Crippen LogP contribution in [0.3, 0.4) is 0 Å². The van der Waals surface area contributed by atoms with Crippen molar-refractivity contribution in [2.24, 2.45) is 0 Å². The second-order valence-electron chi connectivity index (χ2n) is 5.34. The van der Waals surface area contributed by atoms with Crippen molar-refractivity contribution in [3.63, 3.8) is 0 Å². The molecular weight excluding hydrogens is 304 g/mol. The van der Waals surface area contributed by atoms with Crippen molar-refractivity contribution in [2.75, 3.05) is 31.9 Å². The molecule has 0 amide bonds. The van der Waals surface area contributed by atoms with Crippen LogP contribution in [0.2, 0.25) is 5.02 Å². The Balaban J connectivity index is 1.47. The number of benzene rings is 1. The van der Waals surface area contributed by atoms with Gasteiger partial charge in [0.15, 0.2) is 5.13 Å². The number of piperazine rings is 1. The number of hydrogen-bond donors (Lipinski definition) is 1. The van der Waals surface area contributed by atoms with Gasteiger partial charge in [-0.3, -0.25) is 9.80 Å². The van der Waals surface area contributed by atoms with Crippen LogP contribution >= 0.6 is 22.9 Å². The number of anilines is 1. The predicted molar refractivity (Wildman–Crippen MR) is 88.5 cm³/mol. The standard InChI is InChI=1S/C15H19ClN4S/c16-13-3-1-12(2-4-13)10-19-5-7-20(8-6-19)11-14-9-18-15(17)21-14/h1-4,9H,5-8,10-11H2,(H2,17,18). The van der Waals surface area contributed by atoms with E-state index >= 15 is 0 Å². The smallest absolute Gasteiger partial charge is 0.180 e. The van der Waals surface area contributed by atoms with Gasteiger partial charge in [-0.2, -0.15) is 0 Å². The van der Waals surface area contributed by atoms with Gasteiger partial charge in [0.2, 0.25) is 0 Å². The van der Waals surface area contributed by atoms with Gasteiger partial charge in [-0.25, -0.2) is 4.98 Å². The number of halogens is 1. The molecular formula is C15H19ClN4S. The third kappa shape index (κ3) is 4.17. The lowest BCUT2D eigenvalue weighted by molar-refractivity contribution is 0.123. The maximum absolute atomic E-state index is 5.92. The topological polar surface area (TPSA) is 45.4 Å². The van der Waals surface area contributed by atoms with Gasteiger partial charge in [-0.05, 0) is 17.7 Å². The number of nitrogens with zero attached hydrogens (tertiary/aromatic N) is 3. The fraction of sp³-hybridized carbons (Fsp3) is 0.400. The van der Waals surface area contributed by atoms with Crippen LogP contribution in [-0.2, 0) is 13.1 Å². The van der Waals surface area contributed by atoms with Gasteiger partial charge < -0.3 is 5.73 Å². The van der Waals surface area contributed by atoms with Gasteiger partial charge in [0.05, 0.1) is 0 Å². The number of hydrogen-bond acceptors (Lipinski definition) is 5. The zero-order valence-electron chi connectivity index (χ0n) is 11.8. The Morgan fingerprint density at radius 1 is 1.05 bits per heavy atom. The third-order valence-electron chi connectivity index (χ3n) is 3.74. The SMILES string of the molecule is Nc1ncc(CN2CCN(Cc3ccc(Cl)cc3)CC2)s1. The molecule has 0 unspecified atom stereocenters. The Morgan fingerprint density at radius 2 is 1.67 bits per heavy atom. The molecule has 1 aliphatic heterocycles. The summed E-state index contributed by atoms with van der Waals surface area (Å²) in [7, 11) is 0. The molecule has 2 N–H and O–H groups in total. The van der Waals surface area contributed by atoms with E-state index in [2.05, 4.69) is 26.9 Å². The highest BCUT2D eigenvalue weighted by Crippen LogP contribution is 2.18. The average Bonchev–Trinajstić information content (AvgIpc) is 2.89. The van der Waals surface area contributed by atoms with Crippen molar-refractivity contribution >= 4 is 28.1 Å². The number of rotatable bonds is 4. The molecule has 4 nitrogen and oxygen atoms in total. The van der Waals surface area contributed by atoms with Crippen LogP contribution in [0.1, 0.15) is 10.4 Å². The molecule has 2 aromatic rings. The molecule has 1 aliphatic rings. The van der Waals surface area contributed by atoms with Crippen LogP contribution < -0.4 is 5.73 Å². The molecule has 1 aromatic carbocycles. The molecule has 0 spiro atoms.